The van der Waals surface area contributed by atoms with Gasteiger partial charge in [0.15, 0.2) is 0 Å². The van der Waals surface area contributed by atoms with Crippen LogP contribution in [0.2, 0.25) is 0 Å². The van der Waals surface area contributed by atoms with Crippen molar-refractivity contribution >= 4 is 31.5 Å². The first kappa shape index (κ1) is 10.6. The molecule has 4 rings (SSSR count). The van der Waals surface area contributed by atoms with E-state index in [2.05, 4.69) is 42.5 Å². The molecule has 0 amide bonds. The van der Waals surface area contributed by atoms with Gasteiger partial charge in [-0.15, -0.1) is 11.3 Å². The van der Waals surface area contributed by atoms with Gasteiger partial charge in [0.2, 0.25) is 0 Å². The fraction of sp³-hybridized carbons (Fsp3) is 0.294. The number of rotatable bonds is 1. The van der Waals surface area contributed by atoms with Crippen LogP contribution in [0.15, 0.2) is 42.5 Å². The summed E-state index contributed by atoms with van der Waals surface area (Å²) < 4.78 is 2.84. The molecule has 0 nitrogen and oxygen atoms in total. The van der Waals surface area contributed by atoms with Gasteiger partial charge in [0.25, 0.3) is 0 Å². The van der Waals surface area contributed by atoms with Crippen LogP contribution in [0.4, 0.5) is 0 Å². The quantitative estimate of drug-likeness (QED) is 0.520. The van der Waals surface area contributed by atoms with E-state index in [1.165, 1.54) is 45.9 Å². The van der Waals surface area contributed by atoms with Gasteiger partial charge in [0.05, 0.1) is 0 Å². The largest absolute Gasteiger partial charge is 0.135 e. The number of hydrogen-bond donors (Lipinski definition) is 0. The Kier molecular flexibility index (Phi) is 2.41. The van der Waals surface area contributed by atoms with Crippen molar-refractivity contribution in [3.05, 3.63) is 48.0 Å². The predicted molar refractivity (Wildman–Crippen MR) is 80.5 cm³/mol. The molecule has 1 aromatic heterocycles. The molecular weight excluding hydrogens is 236 g/mol. The average Bonchev–Trinajstić information content (AvgIpc) is 3.05. The highest BCUT2D eigenvalue weighted by Gasteiger charge is 2.17. The summed E-state index contributed by atoms with van der Waals surface area (Å²) >= 11 is 1.91. The van der Waals surface area contributed by atoms with E-state index in [4.69, 9.17) is 0 Å². The maximum atomic E-state index is 2.45. The Hall–Kier alpha value is -1.34. The van der Waals surface area contributed by atoms with Crippen LogP contribution < -0.4 is 0 Å². The summed E-state index contributed by atoms with van der Waals surface area (Å²) in [7, 11) is 0. The number of hydrogen-bond acceptors (Lipinski definition) is 1. The molecule has 1 heterocycles. The van der Waals surface area contributed by atoms with Gasteiger partial charge in [-0.2, -0.15) is 0 Å². The second-order valence-electron chi connectivity index (χ2n) is 5.34. The van der Waals surface area contributed by atoms with Crippen molar-refractivity contribution < 1.29 is 0 Å². The molecule has 2 aromatic carbocycles. The molecule has 3 aromatic rings. The van der Waals surface area contributed by atoms with Crippen molar-refractivity contribution in [2.75, 3.05) is 0 Å². The van der Waals surface area contributed by atoms with E-state index in [-0.39, 0.29) is 0 Å². The van der Waals surface area contributed by atoms with Crippen molar-refractivity contribution in [1.82, 2.24) is 0 Å². The third kappa shape index (κ3) is 1.58. The van der Waals surface area contributed by atoms with Crippen molar-refractivity contribution in [3.63, 3.8) is 0 Å². The molecule has 0 saturated heterocycles. The van der Waals surface area contributed by atoms with Crippen LogP contribution in [0.1, 0.15) is 37.2 Å². The molecule has 0 aliphatic heterocycles. The Morgan fingerprint density at radius 2 is 1.61 bits per heavy atom. The minimum atomic E-state index is 0.813. The maximum absolute atomic E-state index is 2.45. The molecule has 1 aliphatic carbocycles. The Labute approximate surface area is 111 Å². The van der Waals surface area contributed by atoms with Crippen molar-refractivity contribution in [3.8, 4) is 0 Å². The first-order valence-corrected chi connectivity index (χ1v) is 7.65. The highest BCUT2D eigenvalue weighted by Crippen LogP contribution is 2.39. The van der Waals surface area contributed by atoms with Crippen LogP contribution in [-0.4, -0.2) is 0 Å². The van der Waals surface area contributed by atoms with Gasteiger partial charge in [0.1, 0.15) is 0 Å². The number of benzene rings is 2. The molecule has 0 unspecified atom stereocenters. The third-order valence-corrected chi connectivity index (χ3v) is 5.38. The summed E-state index contributed by atoms with van der Waals surface area (Å²) in [6.45, 7) is 0. The van der Waals surface area contributed by atoms with E-state index in [1.54, 1.807) is 5.56 Å². The molecule has 1 fully saturated rings. The van der Waals surface area contributed by atoms with Crippen LogP contribution in [-0.2, 0) is 0 Å². The highest BCUT2D eigenvalue weighted by atomic mass is 32.1. The zero-order valence-corrected chi connectivity index (χ0v) is 11.2. The average molecular weight is 252 g/mol. The molecule has 1 heteroatoms. The Morgan fingerprint density at radius 3 is 2.50 bits per heavy atom. The summed E-state index contributed by atoms with van der Waals surface area (Å²) in [6, 6.07) is 15.9. The monoisotopic (exact) mass is 252 g/mol. The molecule has 0 bridgehead atoms. The summed E-state index contributed by atoms with van der Waals surface area (Å²) in [5.74, 6) is 0.813. The molecule has 1 saturated carbocycles. The lowest BCUT2D eigenvalue weighted by Gasteiger charge is -2.09. The second kappa shape index (κ2) is 4.10. The van der Waals surface area contributed by atoms with Crippen molar-refractivity contribution in [2.24, 2.45) is 0 Å². The van der Waals surface area contributed by atoms with E-state index in [9.17, 15) is 0 Å². The predicted octanol–water partition coefficient (Wildman–Crippen LogP) is 5.71. The molecule has 90 valence electrons. The fourth-order valence-corrected chi connectivity index (χ4v) is 4.34. The van der Waals surface area contributed by atoms with E-state index >= 15 is 0 Å². The third-order valence-electron chi connectivity index (χ3n) is 4.23. The van der Waals surface area contributed by atoms with Gasteiger partial charge in [-0.25, -0.2) is 0 Å². The highest BCUT2D eigenvalue weighted by molar-refractivity contribution is 7.25. The lowest BCUT2D eigenvalue weighted by Crippen LogP contribution is -1.90. The minimum absolute atomic E-state index is 0.813. The van der Waals surface area contributed by atoms with Crippen LogP contribution in [0.5, 0.6) is 0 Å². The molecule has 0 atom stereocenters. The van der Waals surface area contributed by atoms with Gasteiger partial charge in [-0.05, 0) is 42.5 Å². The molecular formula is C17H16S. The Morgan fingerprint density at radius 1 is 0.833 bits per heavy atom. The molecule has 0 radical (unpaired) electrons. The van der Waals surface area contributed by atoms with E-state index in [0.29, 0.717) is 0 Å². The molecule has 18 heavy (non-hydrogen) atoms. The lowest BCUT2D eigenvalue weighted by atomic mass is 9.96. The van der Waals surface area contributed by atoms with E-state index in [0.717, 1.165) is 5.92 Å². The van der Waals surface area contributed by atoms with Crippen LogP contribution in [0.3, 0.4) is 0 Å². The van der Waals surface area contributed by atoms with Crippen molar-refractivity contribution in [2.45, 2.75) is 31.6 Å². The van der Waals surface area contributed by atoms with Crippen molar-refractivity contribution in [1.29, 1.82) is 0 Å². The molecule has 0 N–H and O–H groups in total. The first-order valence-electron chi connectivity index (χ1n) is 6.83. The topological polar surface area (TPSA) is 0 Å². The molecule has 0 spiro atoms. The summed E-state index contributed by atoms with van der Waals surface area (Å²) in [6.07, 6.45) is 5.58. The van der Waals surface area contributed by atoms with Crippen LogP contribution in [0.25, 0.3) is 20.2 Å². The standard InChI is InChI=1S/C17H16S/c1-2-6-12(5-1)13-9-10-17-15(11-13)14-7-3-4-8-16(14)18-17/h3-4,7-12H,1-2,5-6H2. The zero-order valence-electron chi connectivity index (χ0n) is 10.4. The maximum Gasteiger partial charge on any atom is 0.0355 e. The molecule has 1 aliphatic rings. The first-order chi connectivity index (χ1) is 8.92. The summed E-state index contributed by atoms with van der Waals surface area (Å²) in [5.41, 5.74) is 1.56. The lowest BCUT2D eigenvalue weighted by molar-refractivity contribution is 0.724. The number of fused-ring (bicyclic) bond motifs is 3. The smallest absolute Gasteiger partial charge is 0.0355 e. The van der Waals surface area contributed by atoms with Crippen LogP contribution >= 0.6 is 11.3 Å². The second-order valence-corrected chi connectivity index (χ2v) is 6.42. The Bertz CT molecular complexity index is 702. The van der Waals surface area contributed by atoms with E-state index in [1.807, 2.05) is 11.3 Å². The minimum Gasteiger partial charge on any atom is -0.135 e. The normalized spacial score (nSPS) is 16.9. The van der Waals surface area contributed by atoms with Gasteiger partial charge in [-0.1, -0.05) is 37.1 Å². The zero-order chi connectivity index (χ0) is 11.9. The van der Waals surface area contributed by atoms with Gasteiger partial charge < -0.3 is 0 Å². The van der Waals surface area contributed by atoms with Gasteiger partial charge in [0, 0.05) is 20.2 Å². The summed E-state index contributed by atoms with van der Waals surface area (Å²) in [4.78, 5) is 0. The van der Waals surface area contributed by atoms with Gasteiger partial charge in [-0.3, -0.25) is 0 Å². The summed E-state index contributed by atoms with van der Waals surface area (Å²) in [5, 5.41) is 2.89. The van der Waals surface area contributed by atoms with Crippen LogP contribution in [0, 0.1) is 0 Å². The fourth-order valence-electron chi connectivity index (χ4n) is 3.26. The van der Waals surface area contributed by atoms with Gasteiger partial charge >= 0.3 is 0 Å². The Balaban J connectivity index is 1.94. The SMILES string of the molecule is c1ccc2c(c1)sc1ccc(C3CCCC3)cc12. The number of thiophene rings is 1. The van der Waals surface area contributed by atoms with E-state index < -0.39 is 0 Å².